The summed E-state index contributed by atoms with van der Waals surface area (Å²) in [5.74, 6) is -3.22. The highest BCUT2D eigenvalue weighted by Crippen LogP contribution is 2.40. The van der Waals surface area contributed by atoms with Crippen molar-refractivity contribution in [1.29, 1.82) is 5.26 Å². The predicted octanol–water partition coefficient (Wildman–Crippen LogP) is 7.15. The number of ether oxygens (including phenoxy) is 2. The van der Waals surface area contributed by atoms with Gasteiger partial charge in [-0.2, -0.15) is 44.8 Å². The monoisotopic (exact) mass is 629 g/mol. The lowest BCUT2D eigenvalue weighted by molar-refractivity contribution is -0.190. The van der Waals surface area contributed by atoms with E-state index >= 15 is 0 Å². The maximum atomic E-state index is 13.5. The van der Waals surface area contributed by atoms with E-state index in [0.29, 0.717) is 23.3 Å². The van der Waals surface area contributed by atoms with Gasteiger partial charge >= 0.3 is 24.5 Å². The summed E-state index contributed by atoms with van der Waals surface area (Å²) in [7, 11) is 0. The maximum Gasteiger partial charge on any atom is 0.491 e. The Morgan fingerprint density at radius 3 is 1.98 bits per heavy atom. The van der Waals surface area contributed by atoms with Gasteiger partial charge in [-0.15, -0.1) is 0 Å². The van der Waals surface area contributed by atoms with E-state index in [9.17, 15) is 44.3 Å². The number of fused-ring (bicyclic) bond motifs is 1. The number of aromatic nitrogens is 1. The summed E-state index contributed by atoms with van der Waals surface area (Å²) in [6, 6.07) is 13.2. The summed E-state index contributed by atoms with van der Waals surface area (Å²) >= 11 is 0. The SMILES string of the molecule is N#Cc1ccc(COc2ccc3c(c2)c(CCN)c(OC(=O)C(F)(F)F)n3Cc2cc(C(F)(F)F)cc(C(F)(F)F)c2)cc1. The van der Waals surface area contributed by atoms with Crippen LogP contribution in [0.3, 0.4) is 0 Å². The minimum absolute atomic E-state index is 0.00448. The first-order valence-corrected chi connectivity index (χ1v) is 12.6. The highest BCUT2D eigenvalue weighted by atomic mass is 19.4. The van der Waals surface area contributed by atoms with Crippen molar-refractivity contribution in [2.24, 2.45) is 5.73 Å². The summed E-state index contributed by atoms with van der Waals surface area (Å²) < 4.78 is 132. The first kappa shape index (κ1) is 32.2. The molecule has 6 nitrogen and oxygen atoms in total. The van der Waals surface area contributed by atoms with Gasteiger partial charge in [0, 0.05) is 10.9 Å². The Hall–Kier alpha value is -4.71. The molecule has 0 bridgehead atoms. The quantitative estimate of drug-likeness (QED) is 0.165. The minimum Gasteiger partial charge on any atom is -0.489 e. The number of hydrogen-bond acceptors (Lipinski definition) is 5. The van der Waals surface area contributed by atoms with Crippen molar-refractivity contribution in [3.63, 3.8) is 0 Å². The van der Waals surface area contributed by atoms with Crippen LogP contribution in [0.25, 0.3) is 10.9 Å². The van der Waals surface area contributed by atoms with Gasteiger partial charge in [0.25, 0.3) is 0 Å². The lowest BCUT2D eigenvalue weighted by Gasteiger charge is -2.17. The first-order chi connectivity index (χ1) is 20.5. The average molecular weight is 629 g/mol. The molecule has 0 unspecified atom stereocenters. The molecule has 0 radical (unpaired) electrons. The number of nitriles is 1. The van der Waals surface area contributed by atoms with Crippen LogP contribution in [-0.4, -0.2) is 23.3 Å². The summed E-state index contributed by atoms with van der Waals surface area (Å²) in [6.45, 7) is -1.00. The summed E-state index contributed by atoms with van der Waals surface area (Å²) in [5, 5.41) is 9.08. The van der Waals surface area contributed by atoms with Crippen LogP contribution >= 0.6 is 0 Å². The second kappa shape index (κ2) is 12.1. The number of carbonyl (C=O) groups is 1. The molecule has 3 aromatic carbocycles. The summed E-state index contributed by atoms with van der Waals surface area (Å²) in [5.41, 5.74) is 2.86. The van der Waals surface area contributed by atoms with E-state index in [1.54, 1.807) is 24.3 Å². The molecule has 0 amide bonds. The van der Waals surface area contributed by atoms with Crippen LogP contribution in [-0.2, 0) is 36.7 Å². The van der Waals surface area contributed by atoms with E-state index in [2.05, 4.69) is 4.74 Å². The average Bonchev–Trinajstić information content (AvgIpc) is 3.21. The van der Waals surface area contributed by atoms with Crippen LogP contribution < -0.4 is 15.2 Å². The molecule has 0 saturated heterocycles. The van der Waals surface area contributed by atoms with Gasteiger partial charge in [-0.3, -0.25) is 0 Å². The lowest BCUT2D eigenvalue weighted by Crippen LogP contribution is -2.29. The summed E-state index contributed by atoms with van der Waals surface area (Å²) in [4.78, 5) is 11.9. The molecule has 4 aromatic rings. The Morgan fingerprint density at radius 1 is 0.841 bits per heavy atom. The van der Waals surface area contributed by atoms with E-state index in [0.717, 1.165) is 4.57 Å². The van der Waals surface area contributed by atoms with Crippen molar-refractivity contribution in [3.8, 4) is 17.7 Å². The Kier molecular flexibility index (Phi) is 8.87. The van der Waals surface area contributed by atoms with E-state index in [-0.39, 0.29) is 47.9 Å². The zero-order chi connectivity index (χ0) is 32.4. The number of halogens is 9. The van der Waals surface area contributed by atoms with Gasteiger partial charge in [0.1, 0.15) is 12.4 Å². The molecular weight excluding hydrogens is 609 g/mol. The largest absolute Gasteiger partial charge is 0.491 e. The zero-order valence-corrected chi connectivity index (χ0v) is 22.2. The molecule has 4 rings (SSSR count). The first-order valence-electron chi connectivity index (χ1n) is 12.6. The number of benzene rings is 3. The molecule has 0 aliphatic heterocycles. The van der Waals surface area contributed by atoms with E-state index in [4.69, 9.17) is 15.7 Å². The molecule has 0 spiro atoms. The Morgan fingerprint density at radius 2 is 1.45 bits per heavy atom. The van der Waals surface area contributed by atoms with Gasteiger partial charge < -0.3 is 19.8 Å². The van der Waals surface area contributed by atoms with Gasteiger partial charge in [0.05, 0.1) is 34.8 Å². The summed E-state index contributed by atoms with van der Waals surface area (Å²) in [6.07, 6.45) is -16.0. The van der Waals surface area contributed by atoms with Gasteiger partial charge in [-0.25, -0.2) is 4.79 Å². The van der Waals surface area contributed by atoms with E-state index in [1.165, 1.54) is 18.2 Å². The minimum atomic E-state index is -5.48. The van der Waals surface area contributed by atoms with E-state index < -0.39 is 53.6 Å². The molecule has 1 aromatic heterocycles. The predicted molar refractivity (Wildman–Crippen MR) is 137 cm³/mol. The molecule has 2 N–H and O–H groups in total. The zero-order valence-electron chi connectivity index (χ0n) is 22.2. The molecule has 0 aliphatic carbocycles. The molecule has 0 saturated carbocycles. The molecule has 15 heteroatoms. The van der Waals surface area contributed by atoms with E-state index in [1.807, 2.05) is 6.07 Å². The van der Waals surface area contributed by atoms with Crippen LogP contribution in [0, 0.1) is 11.3 Å². The second-order valence-electron chi connectivity index (χ2n) is 9.49. The highest BCUT2D eigenvalue weighted by Gasteiger charge is 2.43. The van der Waals surface area contributed by atoms with Crippen LogP contribution in [0.1, 0.15) is 33.4 Å². The maximum absolute atomic E-state index is 13.5. The van der Waals surface area contributed by atoms with Crippen molar-refractivity contribution in [1.82, 2.24) is 4.57 Å². The van der Waals surface area contributed by atoms with Crippen molar-refractivity contribution < 1.29 is 53.8 Å². The second-order valence-corrected chi connectivity index (χ2v) is 9.49. The Labute approximate surface area is 243 Å². The molecule has 0 fully saturated rings. The normalized spacial score (nSPS) is 12.3. The molecule has 44 heavy (non-hydrogen) atoms. The fraction of sp³-hybridized carbons (Fsp3) is 0.241. The number of nitrogens with two attached hydrogens (primary N) is 1. The number of carbonyl (C=O) groups excluding carboxylic acids is 1. The van der Waals surface area contributed by atoms with Crippen LogP contribution in [0.5, 0.6) is 11.6 Å². The molecule has 0 aliphatic rings. The molecular formula is C29H20F9N3O3. The molecule has 1 heterocycles. The van der Waals surface area contributed by atoms with Crippen molar-refractivity contribution in [2.45, 2.75) is 38.1 Å². The lowest BCUT2D eigenvalue weighted by atomic mass is 10.0. The van der Waals surface area contributed by atoms with Crippen molar-refractivity contribution in [3.05, 3.63) is 94.0 Å². The fourth-order valence-corrected chi connectivity index (χ4v) is 4.41. The van der Waals surface area contributed by atoms with Crippen LogP contribution in [0.4, 0.5) is 39.5 Å². The third-order valence-corrected chi connectivity index (χ3v) is 6.38. The highest BCUT2D eigenvalue weighted by molar-refractivity contribution is 5.90. The van der Waals surface area contributed by atoms with Crippen LogP contribution in [0.15, 0.2) is 60.7 Å². The Balaban J connectivity index is 1.85. The standard InChI is InChI=1S/C29H20F9N3O3/c30-27(31,32)19-9-18(10-20(11-19)28(33,34)35)14-41-24-6-5-21(43-15-17-3-1-16(13-40)2-4-17)12-23(24)22(7-8-39)25(41)44-26(42)29(36,37)38/h1-6,9-12H,7-8,14-15,39H2. The smallest absolute Gasteiger partial charge is 0.489 e. The molecule has 232 valence electrons. The van der Waals surface area contributed by atoms with Gasteiger partial charge in [0.2, 0.25) is 5.88 Å². The van der Waals surface area contributed by atoms with Crippen molar-refractivity contribution in [2.75, 3.05) is 6.54 Å². The van der Waals surface area contributed by atoms with Crippen molar-refractivity contribution >= 4 is 16.9 Å². The van der Waals surface area contributed by atoms with Gasteiger partial charge in [0.15, 0.2) is 0 Å². The van der Waals surface area contributed by atoms with Gasteiger partial charge in [-0.05, 0) is 72.6 Å². The number of alkyl halides is 9. The van der Waals surface area contributed by atoms with Gasteiger partial charge in [-0.1, -0.05) is 12.1 Å². The number of hydrogen-bond donors (Lipinski definition) is 1. The third kappa shape index (κ3) is 7.25. The fourth-order valence-electron chi connectivity index (χ4n) is 4.41. The Bertz CT molecular complexity index is 1680. The molecule has 0 atom stereocenters. The number of rotatable bonds is 8. The number of esters is 1. The van der Waals surface area contributed by atoms with Crippen LogP contribution in [0.2, 0.25) is 0 Å². The topological polar surface area (TPSA) is 90.3 Å². The number of nitrogens with zero attached hydrogens (tertiary/aromatic N) is 2. The third-order valence-electron chi connectivity index (χ3n) is 6.38.